The van der Waals surface area contributed by atoms with Gasteiger partial charge in [0.25, 0.3) is 0 Å². The Morgan fingerprint density at radius 2 is 1.89 bits per heavy atom. The van der Waals surface area contributed by atoms with Gasteiger partial charge in [0.2, 0.25) is 0 Å². The standard InChI is InChI=1S/C17H23NO/c1-4-18-12(3)17-11(2)15-9-13-7-5-6-8-14(13)10-16(15)19-17/h9-10,12,18H,4-8H2,1-3H3. The molecular formula is C17H23NO. The van der Waals surface area contributed by atoms with Crippen LogP contribution in [0.25, 0.3) is 11.0 Å². The zero-order chi connectivity index (χ0) is 13.4. The van der Waals surface area contributed by atoms with Crippen molar-refractivity contribution in [3.05, 3.63) is 34.6 Å². The molecule has 1 atom stereocenters. The molecule has 0 radical (unpaired) electrons. The van der Waals surface area contributed by atoms with E-state index in [0.717, 1.165) is 17.9 Å². The minimum Gasteiger partial charge on any atom is -0.459 e. The van der Waals surface area contributed by atoms with E-state index in [2.05, 4.69) is 38.2 Å². The Balaban J connectivity index is 2.10. The van der Waals surface area contributed by atoms with Gasteiger partial charge in [0.15, 0.2) is 0 Å². The first-order valence-corrected chi connectivity index (χ1v) is 7.49. The highest BCUT2D eigenvalue weighted by Gasteiger charge is 2.18. The van der Waals surface area contributed by atoms with Gasteiger partial charge in [-0.2, -0.15) is 0 Å². The zero-order valence-electron chi connectivity index (χ0n) is 12.2. The first kappa shape index (κ1) is 12.7. The largest absolute Gasteiger partial charge is 0.459 e. The van der Waals surface area contributed by atoms with Gasteiger partial charge in [0, 0.05) is 5.39 Å². The minimum atomic E-state index is 0.287. The van der Waals surface area contributed by atoms with Gasteiger partial charge in [-0.3, -0.25) is 0 Å². The maximum Gasteiger partial charge on any atom is 0.134 e. The summed E-state index contributed by atoms with van der Waals surface area (Å²) in [4.78, 5) is 0. The van der Waals surface area contributed by atoms with Crippen molar-refractivity contribution < 1.29 is 4.42 Å². The lowest BCUT2D eigenvalue weighted by atomic mass is 9.90. The molecule has 0 saturated heterocycles. The molecule has 102 valence electrons. The normalized spacial score (nSPS) is 16.6. The van der Waals surface area contributed by atoms with Crippen LogP contribution in [0, 0.1) is 6.92 Å². The summed E-state index contributed by atoms with van der Waals surface area (Å²) in [6.07, 6.45) is 5.09. The topological polar surface area (TPSA) is 25.2 Å². The van der Waals surface area contributed by atoms with Crippen molar-refractivity contribution in [2.75, 3.05) is 6.54 Å². The summed E-state index contributed by atoms with van der Waals surface area (Å²) in [7, 11) is 0. The van der Waals surface area contributed by atoms with Crippen molar-refractivity contribution in [2.45, 2.75) is 52.5 Å². The van der Waals surface area contributed by atoms with Gasteiger partial charge < -0.3 is 9.73 Å². The van der Waals surface area contributed by atoms with Crippen molar-refractivity contribution in [2.24, 2.45) is 0 Å². The van der Waals surface area contributed by atoms with Crippen molar-refractivity contribution in [1.29, 1.82) is 0 Å². The molecular weight excluding hydrogens is 234 g/mol. The molecule has 1 unspecified atom stereocenters. The van der Waals surface area contributed by atoms with E-state index in [4.69, 9.17) is 4.42 Å². The number of hydrogen-bond donors (Lipinski definition) is 1. The molecule has 1 aliphatic carbocycles. The second-order valence-corrected chi connectivity index (χ2v) is 5.69. The number of furan rings is 1. The maximum absolute atomic E-state index is 6.12. The minimum absolute atomic E-state index is 0.287. The Labute approximate surface area is 115 Å². The molecule has 1 aromatic carbocycles. The number of hydrogen-bond acceptors (Lipinski definition) is 2. The Morgan fingerprint density at radius 1 is 1.21 bits per heavy atom. The van der Waals surface area contributed by atoms with Crippen LogP contribution in [-0.2, 0) is 12.8 Å². The molecule has 2 aromatic rings. The van der Waals surface area contributed by atoms with Crippen LogP contribution in [0.15, 0.2) is 16.5 Å². The van der Waals surface area contributed by atoms with E-state index >= 15 is 0 Å². The lowest BCUT2D eigenvalue weighted by Gasteiger charge is -2.14. The third kappa shape index (κ3) is 2.18. The van der Waals surface area contributed by atoms with E-state index in [9.17, 15) is 0 Å². The summed E-state index contributed by atoms with van der Waals surface area (Å²) < 4.78 is 6.12. The van der Waals surface area contributed by atoms with Gasteiger partial charge in [-0.1, -0.05) is 6.92 Å². The number of rotatable bonds is 3. The van der Waals surface area contributed by atoms with E-state index in [-0.39, 0.29) is 6.04 Å². The monoisotopic (exact) mass is 257 g/mol. The van der Waals surface area contributed by atoms with Crippen molar-refractivity contribution in [1.82, 2.24) is 5.32 Å². The Morgan fingerprint density at radius 3 is 2.58 bits per heavy atom. The lowest BCUT2D eigenvalue weighted by molar-refractivity contribution is 0.456. The quantitative estimate of drug-likeness (QED) is 0.887. The fourth-order valence-electron chi connectivity index (χ4n) is 3.28. The van der Waals surface area contributed by atoms with E-state index < -0.39 is 0 Å². The maximum atomic E-state index is 6.12. The van der Waals surface area contributed by atoms with Gasteiger partial charge in [-0.25, -0.2) is 0 Å². The van der Waals surface area contributed by atoms with Crippen LogP contribution in [0.2, 0.25) is 0 Å². The van der Waals surface area contributed by atoms with Crippen LogP contribution in [0.5, 0.6) is 0 Å². The number of aryl methyl sites for hydroxylation is 3. The Hall–Kier alpha value is -1.28. The molecule has 0 aliphatic heterocycles. The van der Waals surface area contributed by atoms with Crippen molar-refractivity contribution in [3.8, 4) is 0 Å². The summed E-state index contributed by atoms with van der Waals surface area (Å²) in [6.45, 7) is 7.46. The smallest absolute Gasteiger partial charge is 0.134 e. The SMILES string of the molecule is CCNC(C)c1oc2cc3c(cc2c1C)CCCC3. The molecule has 0 amide bonds. The van der Waals surface area contributed by atoms with E-state index in [1.54, 1.807) is 0 Å². The summed E-state index contributed by atoms with van der Waals surface area (Å²) in [5, 5.41) is 4.75. The molecule has 0 saturated carbocycles. The average Bonchev–Trinajstić information content (AvgIpc) is 2.74. The molecule has 0 fully saturated rings. The molecule has 1 N–H and O–H groups in total. The molecule has 2 heteroatoms. The second kappa shape index (κ2) is 5.01. The van der Waals surface area contributed by atoms with E-state index in [0.29, 0.717) is 0 Å². The highest BCUT2D eigenvalue weighted by Crippen LogP contribution is 2.33. The molecule has 1 aliphatic rings. The van der Waals surface area contributed by atoms with E-state index in [1.807, 2.05) is 0 Å². The van der Waals surface area contributed by atoms with Gasteiger partial charge in [-0.15, -0.1) is 0 Å². The summed E-state index contributed by atoms with van der Waals surface area (Å²) in [5.74, 6) is 1.10. The van der Waals surface area contributed by atoms with Crippen LogP contribution in [0.4, 0.5) is 0 Å². The third-order valence-electron chi connectivity index (χ3n) is 4.34. The molecule has 2 nitrogen and oxygen atoms in total. The number of fused-ring (bicyclic) bond motifs is 2. The van der Waals surface area contributed by atoms with Crippen molar-refractivity contribution >= 4 is 11.0 Å². The van der Waals surface area contributed by atoms with Crippen LogP contribution in [-0.4, -0.2) is 6.54 Å². The van der Waals surface area contributed by atoms with Gasteiger partial charge in [-0.05, 0) is 74.9 Å². The highest BCUT2D eigenvalue weighted by molar-refractivity contribution is 5.84. The molecule has 19 heavy (non-hydrogen) atoms. The fraction of sp³-hybridized carbons (Fsp3) is 0.529. The molecule has 3 rings (SSSR count). The first-order chi connectivity index (χ1) is 9.20. The molecule has 1 aromatic heterocycles. The second-order valence-electron chi connectivity index (χ2n) is 5.69. The van der Waals surface area contributed by atoms with Crippen LogP contribution in [0.3, 0.4) is 0 Å². The highest BCUT2D eigenvalue weighted by atomic mass is 16.3. The van der Waals surface area contributed by atoms with Gasteiger partial charge in [0.1, 0.15) is 11.3 Å². The van der Waals surface area contributed by atoms with Gasteiger partial charge in [0.05, 0.1) is 6.04 Å². The third-order valence-corrected chi connectivity index (χ3v) is 4.34. The van der Waals surface area contributed by atoms with Crippen LogP contribution >= 0.6 is 0 Å². The summed E-state index contributed by atoms with van der Waals surface area (Å²) in [5.41, 5.74) is 5.40. The molecule has 0 spiro atoms. The van der Waals surface area contributed by atoms with Crippen LogP contribution in [0.1, 0.15) is 55.2 Å². The fourth-order valence-corrected chi connectivity index (χ4v) is 3.28. The molecule has 0 bridgehead atoms. The van der Waals surface area contributed by atoms with Gasteiger partial charge >= 0.3 is 0 Å². The summed E-state index contributed by atoms with van der Waals surface area (Å²) in [6, 6.07) is 4.93. The first-order valence-electron chi connectivity index (χ1n) is 7.49. The lowest BCUT2D eigenvalue weighted by Crippen LogP contribution is -2.17. The van der Waals surface area contributed by atoms with E-state index in [1.165, 1.54) is 47.8 Å². The Kier molecular flexibility index (Phi) is 3.36. The molecule has 1 heterocycles. The predicted octanol–water partition coefficient (Wildman–Crippen LogP) is 4.29. The van der Waals surface area contributed by atoms with Crippen molar-refractivity contribution in [3.63, 3.8) is 0 Å². The zero-order valence-corrected chi connectivity index (χ0v) is 12.2. The number of benzene rings is 1. The Bertz CT molecular complexity index is 597. The van der Waals surface area contributed by atoms with Crippen LogP contribution < -0.4 is 5.32 Å². The predicted molar refractivity (Wildman–Crippen MR) is 79.7 cm³/mol. The average molecular weight is 257 g/mol. The summed E-state index contributed by atoms with van der Waals surface area (Å²) >= 11 is 0. The number of nitrogens with one attached hydrogen (secondary N) is 1.